The van der Waals surface area contributed by atoms with Gasteiger partial charge in [-0.15, -0.1) is 0 Å². The third-order valence-electron chi connectivity index (χ3n) is 3.93. The summed E-state index contributed by atoms with van der Waals surface area (Å²) >= 11 is 5.27. The Labute approximate surface area is 167 Å². The van der Waals surface area contributed by atoms with Crippen molar-refractivity contribution in [2.45, 2.75) is 19.9 Å². The van der Waals surface area contributed by atoms with Crippen LogP contribution in [0, 0.1) is 4.77 Å². The number of methoxy groups -OCH3 is 1. The fraction of sp³-hybridized carbons (Fsp3) is 0.444. The summed E-state index contributed by atoms with van der Waals surface area (Å²) in [4.78, 5) is 39.1. The average Bonchev–Trinajstić information content (AvgIpc) is 2.67. The number of H-pyrrole nitrogens is 1. The Bertz CT molecular complexity index is 953. The van der Waals surface area contributed by atoms with Crippen LogP contribution in [0.2, 0.25) is 0 Å². The first-order valence-electron chi connectivity index (χ1n) is 8.92. The van der Waals surface area contributed by atoms with Gasteiger partial charge in [-0.1, -0.05) is 0 Å². The van der Waals surface area contributed by atoms with Crippen molar-refractivity contribution in [3.63, 3.8) is 0 Å². The molecule has 1 aromatic carbocycles. The summed E-state index contributed by atoms with van der Waals surface area (Å²) in [6, 6.07) is 4.76. The third-order valence-corrected chi connectivity index (χ3v) is 4.25. The van der Waals surface area contributed by atoms with Crippen molar-refractivity contribution >= 4 is 35.1 Å². The van der Waals surface area contributed by atoms with Crippen LogP contribution >= 0.6 is 12.2 Å². The molecule has 152 valence electrons. The zero-order valence-electron chi connectivity index (χ0n) is 15.9. The smallest absolute Gasteiger partial charge is 0.407 e. The van der Waals surface area contributed by atoms with E-state index in [4.69, 9.17) is 21.7 Å². The maximum absolute atomic E-state index is 12.6. The fourth-order valence-electron chi connectivity index (χ4n) is 2.59. The van der Waals surface area contributed by atoms with Crippen molar-refractivity contribution in [3.8, 4) is 0 Å². The molecular weight excluding hydrogens is 384 g/mol. The zero-order valence-corrected chi connectivity index (χ0v) is 16.7. The Morgan fingerprint density at radius 3 is 2.71 bits per heavy atom. The first kappa shape index (κ1) is 21.6. The zero-order chi connectivity index (χ0) is 20.5. The molecule has 0 spiro atoms. The van der Waals surface area contributed by atoms with Crippen LogP contribution in [-0.4, -0.2) is 55.0 Å². The molecule has 0 aliphatic rings. The molecule has 0 unspecified atom stereocenters. The van der Waals surface area contributed by atoms with Gasteiger partial charge in [-0.05, 0) is 43.8 Å². The van der Waals surface area contributed by atoms with E-state index in [2.05, 4.69) is 15.6 Å². The van der Waals surface area contributed by atoms with Crippen molar-refractivity contribution in [3.05, 3.63) is 38.9 Å². The average molecular weight is 408 g/mol. The van der Waals surface area contributed by atoms with Gasteiger partial charge in [0.2, 0.25) is 0 Å². The molecule has 9 nitrogen and oxygen atoms in total. The van der Waals surface area contributed by atoms with Crippen molar-refractivity contribution in [2.24, 2.45) is 0 Å². The minimum absolute atomic E-state index is 0.208. The molecule has 3 N–H and O–H groups in total. The summed E-state index contributed by atoms with van der Waals surface area (Å²) in [5.41, 5.74) is 0.668. The van der Waals surface area contributed by atoms with E-state index in [9.17, 15) is 14.4 Å². The van der Waals surface area contributed by atoms with E-state index in [1.165, 1.54) is 4.57 Å². The lowest BCUT2D eigenvalue weighted by atomic mass is 10.1. The topological polar surface area (TPSA) is 114 Å². The second-order valence-electron chi connectivity index (χ2n) is 5.90. The highest BCUT2D eigenvalue weighted by molar-refractivity contribution is 7.71. The number of carbonyl (C=O) groups excluding carboxylic acids is 2. The summed E-state index contributed by atoms with van der Waals surface area (Å²) < 4.78 is 11.5. The number of amides is 2. The number of aromatic nitrogens is 2. The lowest BCUT2D eigenvalue weighted by molar-refractivity contribution is 0.0952. The summed E-state index contributed by atoms with van der Waals surface area (Å²) in [5.74, 6) is -0.323. The number of benzene rings is 1. The second kappa shape index (κ2) is 10.6. The molecule has 0 bridgehead atoms. The van der Waals surface area contributed by atoms with E-state index in [0.29, 0.717) is 40.8 Å². The van der Waals surface area contributed by atoms with Gasteiger partial charge in [0.05, 0.1) is 17.5 Å². The van der Waals surface area contributed by atoms with Crippen molar-refractivity contribution in [2.75, 3.05) is 33.4 Å². The Kier molecular flexibility index (Phi) is 8.15. The first-order chi connectivity index (χ1) is 13.5. The molecule has 10 heteroatoms. The van der Waals surface area contributed by atoms with Crippen molar-refractivity contribution in [1.29, 1.82) is 0 Å². The molecule has 0 atom stereocenters. The number of hydrogen-bond acceptors (Lipinski definition) is 6. The van der Waals surface area contributed by atoms with Crippen molar-refractivity contribution in [1.82, 2.24) is 20.2 Å². The van der Waals surface area contributed by atoms with E-state index < -0.39 is 6.09 Å². The van der Waals surface area contributed by atoms with Crippen LogP contribution in [0.5, 0.6) is 0 Å². The normalized spacial score (nSPS) is 10.6. The number of aromatic amines is 1. The fourth-order valence-corrected chi connectivity index (χ4v) is 2.87. The van der Waals surface area contributed by atoms with E-state index >= 15 is 0 Å². The van der Waals surface area contributed by atoms with Gasteiger partial charge in [-0.25, -0.2) is 4.79 Å². The molecular formula is C18H24N4O5S. The molecule has 1 heterocycles. The van der Waals surface area contributed by atoms with Gasteiger partial charge in [0.1, 0.15) is 0 Å². The monoisotopic (exact) mass is 408 g/mol. The van der Waals surface area contributed by atoms with Crippen LogP contribution in [0.4, 0.5) is 4.79 Å². The number of alkyl carbamates (subject to hydrolysis) is 1. The quantitative estimate of drug-likeness (QED) is 0.429. The second-order valence-corrected chi connectivity index (χ2v) is 6.28. The summed E-state index contributed by atoms with van der Waals surface area (Å²) in [6.07, 6.45) is 0.136. The van der Waals surface area contributed by atoms with Gasteiger partial charge < -0.3 is 25.1 Å². The first-order valence-corrected chi connectivity index (χ1v) is 9.33. The number of fused-ring (bicyclic) bond motifs is 1. The highest BCUT2D eigenvalue weighted by Gasteiger charge is 2.10. The molecule has 0 saturated carbocycles. The van der Waals surface area contributed by atoms with Crippen LogP contribution < -0.4 is 16.2 Å². The minimum Gasteiger partial charge on any atom is -0.450 e. The Balaban J connectivity index is 2.08. The molecule has 2 amide bonds. The standard InChI is InChI=1S/C18H24N4O5S/c1-3-27-18(25)20-8-7-19-15(23)12-5-6-13-14(11-12)21-17(28)22(16(13)24)9-4-10-26-2/h5-6,11H,3-4,7-10H2,1-2H3,(H,19,23)(H,20,25)(H,21,28). The molecule has 0 aliphatic heterocycles. The maximum atomic E-state index is 12.6. The summed E-state index contributed by atoms with van der Waals surface area (Å²) in [5, 5.41) is 5.65. The third kappa shape index (κ3) is 5.64. The van der Waals surface area contributed by atoms with Gasteiger partial charge in [0.25, 0.3) is 11.5 Å². The predicted molar refractivity (Wildman–Crippen MR) is 107 cm³/mol. The van der Waals surface area contributed by atoms with E-state index in [1.807, 2.05) is 0 Å². The highest BCUT2D eigenvalue weighted by Crippen LogP contribution is 2.11. The Morgan fingerprint density at radius 1 is 1.25 bits per heavy atom. The van der Waals surface area contributed by atoms with Gasteiger partial charge in [-0.2, -0.15) is 0 Å². The maximum Gasteiger partial charge on any atom is 0.407 e. The largest absolute Gasteiger partial charge is 0.450 e. The van der Waals surface area contributed by atoms with Crippen molar-refractivity contribution < 1.29 is 19.1 Å². The Hall–Kier alpha value is -2.72. The summed E-state index contributed by atoms with van der Waals surface area (Å²) in [6.45, 7) is 3.46. The number of nitrogens with zero attached hydrogens (tertiary/aromatic N) is 1. The molecule has 0 radical (unpaired) electrons. The lowest BCUT2D eigenvalue weighted by Gasteiger charge is -2.10. The molecule has 0 fully saturated rings. The van der Waals surface area contributed by atoms with E-state index in [0.717, 1.165) is 0 Å². The minimum atomic E-state index is -0.531. The number of nitrogens with one attached hydrogen (secondary N) is 3. The molecule has 2 rings (SSSR count). The molecule has 1 aromatic heterocycles. The van der Waals surface area contributed by atoms with E-state index in [1.54, 1.807) is 32.2 Å². The predicted octanol–water partition coefficient (Wildman–Crippen LogP) is 1.57. The number of hydrogen-bond donors (Lipinski definition) is 3. The van der Waals surface area contributed by atoms with Gasteiger partial charge in [0, 0.05) is 38.9 Å². The molecule has 2 aromatic rings. The van der Waals surface area contributed by atoms with Gasteiger partial charge in [0.15, 0.2) is 4.77 Å². The lowest BCUT2D eigenvalue weighted by Crippen LogP contribution is -2.35. The molecule has 0 saturated heterocycles. The molecule has 0 aliphatic carbocycles. The summed E-state index contributed by atoms with van der Waals surface area (Å²) in [7, 11) is 1.60. The van der Waals surface area contributed by atoms with Crippen LogP contribution in [-0.2, 0) is 16.0 Å². The van der Waals surface area contributed by atoms with Gasteiger partial charge >= 0.3 is 6.09 Å². The van der Waals surface area contributed by atoms with Crippen LogP contribution in [0.15, 0.2) is 23.0 Å². The van der Waals surface area contributed by atoms with Crippen LogP contribution in [0.1, 0.15) is 23.7 Å². The highest BCUT2D eigenvalue weighted by atomic mass is 32.1. The SMILES string of the molecule is CCOC(=O)NCCNC(=O)c1ccc2c(=O)n(CCCOC)c(=S)[nH]c2c1. The van der Waals surface area contributed by atoms with Gasteiger partial charge in [-0.3, -0.25) is 14.2 Å². The van der Waals surface area contributed by atoms with Crippen LogP contribution in [0.25, 0.3) is 10.9 Å². The van der Waals surface area contributed by atoms with Crippen LogP contribution in [0.3, 0.4) is 0 Å². The molecule has 28 heavy (non-hydrogen) atoms. The number of rotatable bonds is 9. The Morgan fingerprint density at radius 2 is 2.00 bits per heavy atom. The number of ether oxygens (including phenoxy) is 2. The number of carbonyl (C=O) groups is 2. The van der Waals surface area contributed by atoms with E-state index in [-0.39, 0.29) is 31.2 Å².